The van der Waals surface area contributed by atoms with E-state index in [-0.39, 0.29) is 5.41 Å². The van der Waals surface area contributed by atoms with Gasteiger partial charge in [0, 0.05) is 23.6 Å². The Labute approximate surface area is 103 Å². The summed E-state index contributed by atoms with van der Waals surface area (Å²) in [5, 5.41) is 0. The standard InChI is InChI=1S/C14H21NO2/c1-3-17-13-9-11(16-2)5-6-12(13)14(10-15)7-4-8-14/h5-6,9H,3-4,7-8,10,15H2,1-2H3. The molecular weight excluding hydrogens is 214 g/mol. The predicted molar refractivity (Wildman–Crippen MR) is 68.7 cm³/mol. The van der Waals surface area contributed by atoms with E-state index in [2.05, 4.69) is 6.07 Å². The van der Waals surface area contributed by atoms with E-state index in [9.17, 15) is 0 Å². The molecule has 1 aliphatic rings. The molecule has 0 amide bonds. The summed E-state index contributed by atoms with van der Waals surface area (Å²) < 4.78 is 11.0. The van der Waals surface area contributed by atoms with Crippen molar-refractivity contribution in [2.45, 2.75) is 31.6 Å². The van der Waals surface area contributed by atoms with Gasteiger partial charge in [-0.3, -0.25) is 0 Å². The fraction of sp³-hybridized carbons (Fsp3) is 0.571. The molecule has 0 saturated heterocycles. The third-order valence-electron chi connectivity index (χ3n) is 3.76. The van der Waals surface area contributed by atoms with Gasteiger partial charge in [-0.15, -0.1) is 0 Å². The first-order valence-corrected chi connectivity index (χ1v) is 6.27. The van der Waals surface area contributed by atoms with Crippen molar-refractivity contribution in [3.8, 4) is 11.5 Å². The molecule has 1 aromatic carbocycles. The average molecular weight is 235 g/mol. The van der Waals surface area contributed by atoms with Crippen LogP contribution in [0.2, 0.25) is 0 Å². The summed E-state index contributed by atoms with van der Waals surface area (Å²) in [6, 6.07) is 6.07. The van der Waals surface area contributed by atoms with E-state index in [1.807, 2.05) is 19.1 Å². The fourth-order valence-electron chi connectivity index (χ4n) is 2.53. The summed E-state index contributed by atoms with van der Waals surface area (Å²) in [7, 11) is 1.67. The van der Waals surface area contributed by atoms with Crippen molar-refractivity contribution in [2.75, 3.05) is 20.3 Å². The van der Waals surface area contributed by atoms with Gasteiger partial charge in [-0.1, -0.05) is 12.5 Å². The average Bonchev–Trinajstić information content (AvgIpc) is 2.30. The monoisotopic (exact) mass is 235 g/mol. The van der Waals surface area contributed by atoms with Crippen LogP contribution in [-0.4, -0.2) is 20.3 Å². The van der Waals surface area contributed by atoms with Crippen molar-refractivity contribution in [1.82, 2.24) is 0 Å². The second-order valence-electron chi connectivity index (χ2n) is 4.63. The summed E-state index contributed by atoms with van der Waals surface area (Å²) in [6.07, 6.45) is 3.58. The summed E-state index contributed by atoms with van der Waals surface area (Å²) >= 11 is 0. The number of hydrogen-bond donors (Lipinski definition) is 1. The Hall–Kier alpha value is -1.22. The molecule has 0 aromatic heterocycles. The third-order valence-corrected chi connectivity index (χ3v) is 3.76. The van der Waals surface area contributed by atoms with Crippen LogP contribution in [0.5, 0.6) is 11.5 Å². The van der Waals surface area contributed by atoms with Crippen LogP contribution in [0.25, 0.3) is 0 Å². The molecule has 0 bridgehead atoms. The van der Waals surface area contributed by atoms with E-state index in [0.717, 1.165) is 24.3 Å². The number of nitrogens with two attached hydrogens (primary N) is 1. The lowest BCUT2D eigenvalue weighted by Crippen LogP contribution is -2.41. The molecule has 0 heterocycles. The molecule has 2 rings (SSSR count). The zero-order valence-electron chi connectivity index (χ0n) is 10.7. The van der Waals surface area contributed by atoms with Gasteiger partial charge in [-0.05, 0) is 25.8 Å². The van der Waals surface area contributed by atoms with Crippen LogP contribution in [0.4, 0.5) is 0 Å². The minimum absolute atomic E-state index is 0.136. The molecule has 0 atom stereocenters. The van der Waals surface area contributed by atoms with Gasteiger partial charge in [-0.2, -0.15) is 0 Å². The first-order valence-electron chi connectivity index (χ1n) is 6.27. The Kier molecular flexibility index (Phi) is 3.57. The third kappa shape index (κ3) is 2.12. The van der Waals surface area contributed by atoms with Gasteiger partial charge < -0.3 is 15.2 Å². The van der Waals surface area contributed by atoms with Crippen LogP contribution >= 0.6 is 0 Å². The molecule has 0 radical (unpaired) electrons. The lowest BCUT2D eigenvalue weighted by atomic mass is 9.64. The van der Waals surface area contributed by atoms with E-state index in [1.54, 1.807) is 7.11 Å². The van der Waals surface area contributed by atoms with Crippen molar-refractivity contribution in [1.29, 1.82) is 0 Å². The molecule has 94 valence electrons. The van der Waals surface area contributed by atoms with E-state index >= 15 is 0 Å². The van der Waals surface area contributed by atoms with Crippen LogP contribution < -0.4 is 15.2 Å². The maximum Gasteiger partial charge on any atom is 0.126 e. The topological polar surface area (TPSA) is 44.5 Å². The van der Waals surface area contributed by atoms with Gasteiger partial charge in [-0.25, -0.2) is 0 Å². The zero-order chi connectivity index (χ0) is 12.3. The number of ether oxygens (including phenoxy) is 2. The van der Waals surface area contributed by atoms with Crippen molar-refractivity contribution in [2.24, 2.45) is 5.73 Å². The summed E-state index contributed by atoms with van der Waals surface area (Å²) in [5.41, 5.74) is 7.33. The Morgan fingerprint density at radius 1 is 1.35 bits per heavy atom. The first kappa shape index (κ1) is 12.2. The highest BCUT2D eigenvalue weighted by molar-refractivity contribution is 5.46. The minimum atomic E-state index is 0.136. The SMILES string of the molecule is CCOc1cc(OC)ccc1C1(CN)CCC1. The van der Waals surface area contributed by atoms with Gasteiger partial charge in [0.15, 0.2) is 0 Å². The number of hydrogen-bond acceptors (Lipinski definition) is 3. The number of rotatable bonds is 5. The second kappa shape index (κ2) is 4.96. The lowest BCUT2D eigenvalue weighted by molar-refractivity contribution is 0.237. The van der Waals surface area contributed by atoms with Gasteiger partial charge in [0.2, 0.25) is 0 Å². The smallest absolute Gasteiger partial charge is 0.126 e. The maximum atomic E-state index is 5.95. The molecule has 0 unspecified atom stereocenters. The number of methoxy groups -OCH3 is 1. The second-order valence-corrected chi connectivity index (χ2v) is 4.63. The first-order chi connectivity index (χ1) is 8.25. The summed E-state index contributed by atoms with van der Waals surface area (Å²) in [5.74, 6) is 1.76. The van der Waals surface area contributed by atoms with Gasteiger partial charge in [0.05, 0.1) is 13.7 Å². The maximum absolute atomic E-state index is 5.95. The van der Waals surface area contributed by atoms with Gasteiger partial charge in [0.1, 0.15) is 11.5 Å². The van der Waals surface area contributed by atoms with E-state index in [0.29, 0.717) is 13.2 Å². The molecule has 2 N–H and O–H groups in total. The highest BCUT2D eigenvalue weighted by Gasteiger charge is 2.39. The quantitative estimate of drug-likeness (QED) is 0.852. The Bertz CT molecular complexity index is 380. The molecule has 3 nitrogen and oxygen atoms in total. The Morgan fingerprint density at radius 3 is 2.59 bits per heavy atom. The van der Waals surface area contributed by atoms with Crippen LogP contribution in [0.1, 0.15) is 31.7 Å². The highest BCUT2D eigenvalue weighted by atomic mass is 16.5. The molecular formula is C14H21NO2. The molecule has 17 heavy (non-hydrogen) atoms. The van der Waals surface area contributed by atoms with E-state index in [4.69, 9.17) is 15.2 Å². The molecule has 1 aromatic rings. The largest absolute Gasteiger partial charge is 0.497 e. The molecule has 0 spiro atoms. The van der Waals surface area contributed by atoms with Crippen LogP contribution in [0, 0.1) is 0 Å². The van der Waals surface area contributed by atoms with Crippen molar-refractivity contribution in [3.63, 3.8) is 0 Å². The van der Waals surface area contributed by atoms with Gasteiger partial charge in [0.25, 0.3) is 0 Å². The van der Waals surface area contributed by atoms with Crippen LogP contribution in [0.15, 0.2) is 18.2 Å². The van der Waals surface area contributed by atoms with Crippen LogP contribution in [0.3, 0.4) is 0 Å². The zero-order valence-corrected chi connectivity index (χ0v) is 10.7. The highest BCUT2D eigenvalue weighted by Crippen LogP contribution is 2.47. The predicted octanol–water partition coefficient (Wildman–Crippen LogP) is 2.47. The fourth-order valence-corrected chi connectivity index (χ4v) is 2.53. The normalized spacial score (nSPS) is 17.4. The lowest BCUT2D eigenvalue weighted by Gasteiger charge is -2.42. The Balaban J connectivity index is 2.37. The molecule has 1 saturated carbocycles. The summed E-state index contributed by atoms with van der Waals surface area (Å²) in [6.45, 7) is 3.36. The van der Waals surface area contributed by atoms with Crippen LogP contribution in [-0.2, 0) is 5.41 Å². The summed E-state index contributed by atoms with van der Waals surface area (Å²) in [4.78, 5) is 0. The van der Waals surface area contributed by atoms with Crippen molar-refractivity contribution in [3.05, 3.63) is 23.8 Å². The van der Waals surface area contributed by atoms with E-state index < -0.39 is 0 Å². The van der Waals surface area contributed by atoms with Gasteiger partial charge >= 0.3 is 0 Å². The molecule has 1 aliphatic carbocycles. The number of benzene rings is 1. The van der Waals surface area contributed by atoms with E-state index in [1.165, 1.54) is 12.0 Å². The molecule has 1 fully saturated rings. The molecule has 0 aliphatic heterocycles. The minimum Gasteiger partial charge on any atom is -0.497 e. The Morgan fingerprint density at radius 2 is 2.12 bits per heavy atom. The molecule has 3 heteroatoms. The van der Waals surface area contributed by atoms with Crippen molar-refractivity contribution >= 4 is 0 Å². The van der Waals surface area contributed by atoms with Crippen molar-refractivity contribution < 1.29 is 9.47 Å².